The summed E-state index contributed by atoms with van der Waals surface area (Å²) in [6.07, 6.45) is 88.3. The van der Waals surface area contributed by atoms with Gasteiger partial charge in [0.15, 0.2) is 12.4 Å². The van der Waals surface area contributed by atoms with Gasteiger partial charge in [-0.25, -0.2) is 0 Å². The number of carboxylic acid groups (broad SMARTS) is 1. The lowest BCUT2D eigenvalue weighted by Gasteiger charge is -2.26. The van der Waals surface area contributed by atoms with Crippen LogP contribution in [0, 0.1) is 0 Å². The number of esters is 2. The first-order chi connectivity index (χ1) is 40.6. The maximum absolute atomic E-state index is 12.9. The van der Waals surface area contributed by atoms with Gasteiger partial charge >= 0.3 is 11.9 Å². The van der Waals surface area contributed by atoms with Crippen molar-refractivity contribution in [3.63, 3.8) is 0 Å². The molecule has 0 saturated carbocycles. The van der Waals surface area contributed by atoms with Crippen LogP contribution < -0.4 is 5.11 Å². The Balaban J connectivity index is 4.16. The fourth-order valence-electron chi connectivity index (χ4n) is 8.87. The second kappa shape index (κ2) is 63.5. The summed E-state index contributed by atoms with van der Waals surface area (Å²) >= 11 is 0. The van der Waals surface area contributed by atoms with E-state index >= 15 is 0 Å². The van der Waals surface area contributed by atoms with Crippen LogP contribution >= 0.6 is 0 Å². The number of aliphatic carboxylic acids is 1. The minimum Gasteiger partial charge on any atom is -0.545 e. The molecule has 0 amide bonds. The molecule has 0 saturated heterocycles. The summed E-state index contributed by atoms with van der Waals surface area (Å²) in [4.78, 5) is 37.4. The third-order valence-electron chi connectivity index (χ3n) is 13.9. The summed E-state index contributed by atoms with van der Waals surface area (Å²) in [5.74, 6) is -2.37. The number of carboxylic acids is 1. The van der Waals surface area contributed by atoms with Crippen LogP contribution in [0.1, 0.15) is 258 Å². The van der Waals surface area contributed by atoms with Crippen molar-refractivity contribution in [3.05, 3.63) is 134 Å². The smallest absolute Gasteiger partial charge is 0.306 e. The fourth-order valence-corrected chi connectivity index (χ4v) is 8.87. The molecule has 0 aromatic heterocycles. The quantitative estimate of drug-likeness (QED) is 0.0195. The Labute approximate surface area is 509 Å². The van der Waals surface area contributed by atoms with Gasteiger partial charge in [0.25, 0.3) is 0 Å². The van der Waals surface area contributed by atoms with Gasteiger partial charge in [-0.2, -0.15) is 0 Å². The molecule has 0 aromatic rings. The Hall–Kier alpha value is -4.57. The molecule has 0 rings (SSSR count). The van der Waals surface area contributed by atoms with Crippen molar-refractivity contribution in [2.45, 2.75) is 270 Å². The van der Waals surface area contributed by atoms with Crippen LogP contribution in [-0.2, 0) is 33.3 Å². The number of hydrogen-bond acceptors (Lipinski definition) is 8. The van der Waals surface area contributed by atoms with Gasteiger partial charge in [-0.1, -0.05) is 276 Å². The average Bonchev–Trinajstić information content (AvgIpc) is 3.46. The van der Waals surface area contributed by atoms with Crippen molar-refractivity contribution < 1.29 is 42.9 Å². The van der Waals surface area contributed by atoms with Gasteiger partial charge in [-0.15, -0.1) is 0 Å². The maximum Gasteiger partial charge on any atom is 0.306 e. The average molecular weight is 1150 g/mol. The van der Waals surface area contributed by atoms with Gasteiger partial charge in [0.2, 0.25) is 0 Å². The Kier molecular flexibility index (Phi) is 60.0. The molecule has 0 radical (unpaired) electrons. The zero-order valence-corrected chi connectivity index (χ0v) is 53.8. The van der Waals surface area contributed by atoms with Crippen LogP contribution in [0.3, 0.4) is 0 Å². The lowest BCUT2D eigenvalue weighted by Crippen LogP contribution is -2.44. The minimum absolute atomic E-state index is 0.131. The number of allylic oxidation sites excluding steroid dienone is 22. The summed E-state index contributed by atoms with van der Waals surface area (Å²) in [5, 5.41) is 11.8. The Morgan fingerprint density at radius 1 is 0.361 bits per heavy atom. The van der Waals surface area contributed by atoms with Crippen molar-refractivity contribution in [1.82, 2.24) is 0 Å². The highest BCUT2D eigenvalue weighted by Gasteiger charge is 2.22. The van der Waals surface area contributed by atoms with E-state index in [4.69, 9.17) is 18.9 Å². The first kappa shape index (κ1) is 78.4. The van der Waals surface area contributed by atoms with E-state index in [1.807, 2.05) is 21.1 Å². The normalized spacial score (nSPS) is 13.6. The molecule has 0 aliphatic rings. The van der Waals surface area contributed by atoms with E-state index in [0.717, 1.165) is 89.9 Å². The number of nitrogens with zero attached hydrogens (tertiary/aromatic N) is 1. The molecule has 0 aliphatic carbocycles. The van der Waals surface area contributed by atoms with E-state index < -0.39 is 24.3 Å². The molecule has 9 nitrogen and oxygen atoms in total. The van der Waals surface area contributed by atoms with Gasteiger partial charge in [0.1, 0.15) is 13.2 Å². The van der Waals surface area contributed by atoms with E-state index in [0.29, 0.717) is 23.9 Å². The molecule has 0 aromatic carbocycles. The van der Waals surface area contributed by atoms with Crippen molar-refractivity contribution in [3.8, 4) is 0 Å². The summed E-state index contributed by atoms with van der Waals surface area (Å²) in [5.41, 5.74) is 0. The Morgan fingerprint density at radius 3 is 1.00 bits per heavy atom. The second-order valence-corrected chi connectivity index (χ2v) is 23.0. The van der Waals surface area contributed by atoms with Gasteiger partial charge in [-0.05, 0) is 103 Å². The molecule has 2 atom stereocenters. The highest BCUT2D eigenvalue weighted by Crippen LogP contribution is 2.17. The molecule has 0 heterocycles. The van der Waals surface area contributed by atoms with Crippen molar-refractivity contribution in [2.24, 2.45) is 0 Å². The lowest BCUT2D eigenvalue weighted by molar-refractivity contribution is -0.870. The van der Waals surface area contributed by atoms with Gasteiger partial charge in [0, 0.05) is 12.8 Å². The van der Waals surface area contributed by atoms with Gasteiger partial charge in [-0.3, -0.25) is 9.59 Å². The highest BCUT2D eigenvalue weighted by molar-refractivity contribution is 5.70. The molecule has 83 heavy (non-hydrogen) atoms. The van der Waals surface area contributed by atoms with E-state index in [-0.39, 0.29) is 38.6 Å². The number of ether oxygens (including phenoxy) is 4. The molecular formula is C74H123NO8. The Morgan fingerprint density at radius 2 is 0.663 bits per heavy atom. The van der Waals surface area contributed by atoms with E-state index in [1.54, 1.807) is 0 Å². The van der Waals surface area contributed by atoms with Crippen molar-refractivity contribution in [2.75, 3.05) is 47.5 Å². The van der Waals surface area contributed by atoms with Crippen LogP contribution in [0.15, 0.2) is 134 Å². The zero-order valence-electron chi connectivity index (χ0n) is 53.8. The van der Waals surface area contributed by atoms with Crippen molar-refractivity contribution >= 4 is 17.9 Å². The van der Waals surface area contributed by atoms with Crippen LogP contribution in [0.4, 0.5) is 0 Å². The number of quaternary nitrogens is 1. The summed E-state index contributed by atoms with van der Waals surface area (Å²) in [6, 6.07) is 0. The molecule has 0 bridgehead atoms. The number of carbonyl (C=O) groups excluding carboxylic acids is 3. The first-order valence-corrected chi connectivity index (χ1v) is 33.3. The van der Waals surface area contributed by atoms with Crippen molar-refractivity contribution in [1.29, 1.82) is 0 Å². The largest absolute Gasteiger partial charge is 0.545 e. The third-order valence-corrected chi connectivity index (χ3v) is 13.9. The molecule has 0 fully saturated rings. The van der Waals surface area contributed by atoms with Gasteiger partial charge < -0.3 is 33.3 Å². The molecule has 0 aliphatic heterocycles. The molecule has 472 valence electrons. The summed E-state index contributed by atoms with van der Waals surface area (Å²) in [6.45, 7) is 4.46. The van der Waals surface area contributed by atoms with E-state index in [9.17, 15) is 19.5 Å². The standard InChI is InChI=1S/C74H123NO8/c1-6-8-10-12-14-16-18-20-22-24-26-28-30-31-32-33-34-35-36-37-38-39-40-41-43-44-46-48-50-52-54-56-58-60-62-64-71(76)81-68-70(69-82-74(73(78)79)80-67-66-75(3,4)5)83-72(77)65-63-61-59-57-55-53-51-49-47-45-42-29-27-25-23-21-19-17-15-13-11-9-7-2/h8-11,14-17,20-23,26-29,45,47,51,53,57,59,70,74H,6-7,12-13,18-19,24-25,30-44,46,48-50,52,54-56,58,60-69H2,1-5H3/b10-8-,11-9-,16-14-,17-15-,22-20-,23-21-,28-26-,29-27-,47-45-,53-51-,59-57-. The Bertz CT molecular complexity index is 1820. The first-order valence-electron chi connectivity index (χ1n) is 33.3. The third kappa shape index (κ3) is 64.8. The topological polar surface area (TPSA) is 111 Å². The van der Waals surface area contributed by atoms with Crippen LogP contribution in [0.5, 0.6) is 0 Å². The molecule has 0 spiro atoms. The SMILES string of the molecule is CC/C=C\C/C=C\C/C=C\C/C=C\C/C=C\C/C=C\C/C=C\CCCC(=O)OC(COC(=O)CCCCCCCCCCCCCCCCCCCCCCCC/C=C\C/C=C\C/C=C\C/C=C\CC)COC(OCC[N+](C)(C)C)C(=O)[O-]. The summed E-state index contributed by atoms with van der Waals surface area (Å²) in [7, 11) is 5.90. The van der Waals surface area contributed by atoms with Crippen LogP contribution in [0.25, 0.3) is 0 Å². The number of rotatable bonds is 60. The lowest BCUT2D eigenvalue weighted by atomic mass is 10.0. The second-order valence-electron chi connectivity index (χ2n) is 23.0. The highest BCUT2D eigenvalue weighted by atomic mass is 16.7. The predicted molar refractivity (Wildman–Crippen MR) is 352 cm³/mol. The van der Waals surface area contributed by atoms with Crippen LogP contribution in [-0.4, -0.2) is 82.3 Å². The predicted octanol–water partition coefficient (Wildman–Crippen LogP) is 19.2. The molecule has 2 unspecified atom stereocenters. The summed E-state index contributed by atoms with van der Waals surface area (Å²) < 4.78 is 22.7. The molecule has 0 N–H and O–H groups in total. The number of carbonyl (C=O) groups is 3. The fraction of sp³-hybridized carbons (Fsp3) is 0.662. The van der Waals surface area contributed by atoms with E-state index in [1.165, 1.54) is 128 Å². The monoisotopic (exact) mass is 1150 g/mol. The molecular weight excluding hydrogens is 1030 g/mol. The number of unbranched alkanes of at least 4 members (excludes halogenated alkanes) is 23. The zero-order chi connectivity index (χ0) is 60.5. The number of likely N-dealkylation sites (N-methyl/N-ethyl adjacent to an activating group) is 1. The van der Waals surface area contributed by atoms with Crippen LogP contribution in [0.2, 0.25) is 0 Å². The number of hydrogen-bond donors (Lipinski definition) is 0. The maximum atomic E-state index is 12.9. The minimum atomic E-state index is -1.64. The van der Waals surface area contributed by atoms with E-state index in [2.05, 4.69) is 148 Å². The van der Waals surface area contributed by atoms with Gasteiger partial charge in [0.05, 0.1) is 40.3 Å². The molecule has 9 heteroatoms.